The molecule has 3 aromatic heterocycles. The molecule has 5 aromatic rings. The van der Waals surface area contributed by atoms with E-state index < -0.39 is 0 Å². The maximum Gasteiger partial charge on any atom is 0.227 e. The monoisotopic (exact) mass is 327 g/mol. The first-order valence-electron chi connectivity index (χ1n) is 8.51. The Morgan fingerprint density at radius 2 is 1.80 bits per heavy atom. The molecule has 2 aromatic carbocycles. The van der Waals surface area contributed by atoms with Crippen LogP contribution >= 0.6 is 0 Å². The zero-order chi connectivity index (χ0) is 17.0. The van der Waals surface area contributed by atoms with E-state index >= 15 is 0 Å². The van der Waals surface area contributed by atoms with Crippen LogP contribution in [0.5, 0.6) is 0 Å². The van der Waals surface area contributed by atoms with E-state index in [0.717, 1.165) is 51.0 Å². The second-order valence-electron chi connectivity index (χ2n) is 6.26. The average molecular weight is 327 g/mol. The molecule has 0 saturated carbocycles. The Bertz CT molecular complexity index is 1250. The van der Waals surface area contributed by atoms with Crippen molar-refractivity contribution >= 4 is 33.1 Å². The summed E-state index contributed by atoms with van der Waals surface area (Å²) < 4.78 is 8.38. The average Bonchev–Trinajstić information content (AvgIpc) is 3.18. The lowest BCUT2D eigenvalue weighted by atomic mass is 10.1. The quantitative estimate of drug-likeness (QED) is 0.440. The number of furan rings is 1. The summed E-state index contributed by atoms with van der Waals surface area (Å²) in [5, 5.41) is 2.12. The van der Waals surface area contributed by atoms with Crippen molar-refractivity contribution in [2.45, 2.75) is 20.4 Å². The highest BCUT2D eigenvalue weighted by Crippen LogP contribution is 2.35. The van der Waals surface area contributed by atoms with Gasteiger partial charge in [0.1, 0.15) is 11.4 Å². The van der Waals surface area contributed by atoms with E-state index in [2.05, 4.69) is 58.9 Å². The van der Waals surface area contributed by atoms with E-state index in [9.17, 15) is 0 Å². The normalized spacial score (nSPS) is 11.8. The van der Waals surface area contributed by atoms with Crippen LogP contribution < -0.4 is 0 Å². The maximum absolute atomic E-state index is 6.15. The van der Waals surface area contributed by atoms with Crippen LogP contribution in [-0.2, 0) is 6.54 Å². The predicted octanol–water partition coefficient (Wildman–Crippen LogP) is 5.33. The number of hydrogen-bond acceptors (Lipinski definition) is 3. The minimum absolute atomic E-state index is 0.682. The molecule has 0 bridgehead atoms. The summed E-state index contributed by atoms with van der Waals surface area (Å²) in [6.45, 7) is 4.97. The lowest BCUT2D eigenvalue weighted by Crippen LogP contribution is -1.97. The summed E-state index contributed by atoms with van der Waals surface area (Å²) in [6.07, 6.45) is 0. The van der Waals surface area contributed by atoms with Crippen molar-refractivity contribution in [2.75, 3.05) is 0 Å². The lowest BCUT2D eigenvalue weighted by Gasteiger charge is -2.06. The summed E-state index contributed by atoms with van der Waals surface area (Å²) in [5.41, 5.74) is 5.63. The highest BCUT2D eigenvalue weighted by Gasteiger charge is 2.18. The number of para-hydroxylation sites is 3. The number of rotatable bonds is 2. The van der Waals surface area contributed by atoms with Crippen molar-refractivity contribution in [1.29, 1.82) is 0 Å². The van der Waals surface area contributed by atoms with Crippen LogP contribution in [-0.4, -0.2) is 14.5 Å². The second-order valence-corrected chi connectivity index (χ2v) is 6.26. The van der Waals surface area contributed by atoms with Gasteiger partial charge in [0, 0.05) is 23.0 Å². The van der Waals surface area contributed by atoms with Crippen LogP contribution in [0.4, 0.5) is 0 Å². The molecule has 4 nitrogen and oxygen atoms in total. The first kappa shape index (κ1) is 14.2. The predicted molar refractivity (Wildman–Crippen MR) is 101 cm³/mol. The molecule has 0 radical (unpaired) electrons. The Kier molecular flexibility index (Phi) is 2.95. The molecule has 4 heteroatoms. The fraction of sp³-hybridized carbons (Fsp3) is 0.143. The largest absolute Gasteiger partial charge is 0.437 e. The highest BCUT2D eigenvalue weighted by molar-refractivity contribution is 6.08. The zero-order valence-electron chi connectivity index (χ0n) is 14.2. The molecule has 0 aliphatic heterocycles. The van der Waals surface area contributed by atoms with Crippen molar-refractivity contribution in [3.8, 4) is 11.4 Å². The summed E-state index contributed by atoms with van der Waals surface area (Å²) in [7, 11) is 0. The van der Waals surface area contributed by atoms with Gasteiger partial charge in [0.05, 0.1) is 16.6 Å². The van der Waals surface area contributed by atoms with Gasteiger partial charge in [0.2, 0.25) is 5.71 Å². The van der Waals surface area contributed by atoms with Gasteiger partial charge in [-0.2, -0.15) is 0 Å². The fourth-order valence-corrected chi connectivity index (χ4v) is 3.55. The van der Waals surface area contributed by atoms with Gasteiger partial charge in [-0.15, -0.1) is 0 Å². The lowest BCUT2D eigenvalue weighted by molar-refractivity contribution is 0.652. The molecule has 3 heterocycles. The molecule has 0 spiro atoms. The van der Waals surface area contributed by atoms with Gasteiger partial charge in [-0.3, -0.25) is 0 Å². The Morgan fingerprint density at radius 3 is 2.68 bits per heavy atom. The van der Waals surface area contributed by atoms with E-state index in [1.54, 1.807) is 0 Å². The SMILES string of the molecule is CCn1c(-c2cccc3c2oc2nc(C)ccc23)nc2ccccc21. The van der Waals surface area contributed by atoms with Crippen molar-refractivity contribution in [3.05, 3.63) is 60.3 Å². The molecule has 0 unspecified atom stereocenters. The van der Waals surface area contributed by atoms with Crippen molar-refractivity contribution in [3.63, 3.8) is 0 Å². The molecule has 0 fully saturated rings. The van der Waals surface area contributed by atoms with E-state index in [1.807, 2.05) is 19.1 Å². The molecule has 0 saturated heterocycles. The van der Waals surface area contributed by atoms with Gasteiger partial charge >= 0.3 is 0 Å². The van der Waals surface area contributed by atoms with Gasteiger partial charge in [0.15, 0.2) is 0 Å². The number of pyridine rings is 1. The molecule has 0 amide bonds. The third-order valence-corrected chi connectivity index (χ3v) is 4.72. The number of imidazole rings is 1. The van der Waals surface area contributed by atoms with Gasteiger partial charge in [-0.25, -0.2) is 9.97 Å². The molecule has 25 heavy (non-hydrogen) atoms. The zero-order valence-corrected chi connectivity index (χ0v) is 14.2. The third-order valence-electron chi connectivity index (χ3n) is 4.72. The molecule has 0 aliphatic carbocycles. The number of fused-ring (bicyclic) bond motifs is 4. The molecule has 0 atom stereocenters. The van der Waals surface area contributed by atoms with Crippen molar-refractivity contribution in [1.82, 2.24) is 14.5 Å². The number of benzene rings is 2. The van der Waals surface area contributed by atoms with E-state index in [0.29, 0.717) is 5.71 Å². The van der Waals surface area contributed by atoms with Gasteiger partial charge in [-0.1, -0.05) is 24.3 Å². The van der Waals surface area contributed by atoms with Crippen LogP contribution in [0.3, 0.4) is 0 Å². The molecule has 122 valence electrons. The molecular weight excluding hydrogens is 310 g/mol. The fourth-order valence-electron chi connectivity index (χ4n) is 3.55. The highest BCUT2D eigenvalue weighted by atomic mass is 16.3. The molecule has 0 N–H and O–H groups in total. The number of hydrogen-bond donors (Lipinski definition) is 0. The first-order valence-corrected chi connectivity index (χ1v) is 8.51. The summed E-state index contributed by atoms with van der Waals surface area (Å²) in [5.74, 6) is 0.935. The summed E-state index contributed by atoms with van der Waals surface area (Å²) >= 11 is 0. The van der Waals surface area contributed by atoms with E-state index in [-0.39, 0.29) is 0 Å². The number of aromatic nitrogens is 3. The van der Waals surface area contributed by atoms with Gasteiger partial charge in [0.25, 0.3) is 0 Å². The van der Waals surface area contributed by atoms with Crippen LogP contribution in [0.1, 0.15) is 12.6 Å². The third kappa shape index (κ3) is 2.00. The van der Waals surface area contributed by atoms with Gasteiger partial charge < -0.3 is 8.98 Å². The first-order chi connectivity index (χ1) is 12.3. The molecule has 5 rings (SSSR count). The Morgan fingerprint density at radius 1 is 0.920 bits per heavy atom. The van der Waals surface area contributed by atoms with Crippen molar-refractivity contribution < 1.29 is 4.42 Å². The van der Waals surface area contributed by atoms with Crippen LogP contribution in [0.25, 0.3) is 44.5 Å². The van der Waals surface area contributed by atoms with Crippen molar-refractivity contribution in [2.24, 2.45) is 0 Å². The van der Waals surface area contributed by atoms with Gasteiger partial charge in [-0.05, 0) is 44.2 Å². The number of nitrogens with zero attached hydrogens (tertiary/aromatic N) is 3. The second kappa shape index (κ2) is 5.18. The van der Waals surface area contributed by atoms with Crippen LogP contribution in [0.15, 0.2) is 59.0 Å². The molecular formula is C21H17N3O. The minimum Gasteiger partial charge on any atom is -0.437 e. The Labute approximate surface area is 144 Å². The number of aryl methyl sites for hydroxylation is 2. The van der Waals surface area contributed by atoms with E-state index in [4.69, 9.17) is 9.40 Å². The topological polar surface area (TPSA) is 43.9 Å². The maximum atomic E-state index is 6.15. The van der Waals surface area contributed by atoms with Crippen LogP contribution in [0, 0.1) is 6.92 Å². The minimum atomic E-state index is 0.682. The van der Waals surface area contributed by atoms with E-state index in [1.165, 1.54) is 0 Å². The summed E-state index contributed by atoms with van der Waals surface area (Å²) in [6, 6.07) is 18.6. The standard InChI is InChI=1S/C21H17N3O/c1-3-24-18-10-5-4-9-17(18)23-20(24)16-8-6-7-14-15-12-11-13(2)22-21(15)25-19(14)16/h4-12H,3H2,1-2H3. The molecule has 0 aliphatic rings. The van der Waals surface area contributed by atoms with Crippen LogP contribution in [0.2, 0.25) is 0 Å². The smallest absolute Gasteiger partial charge is 0.227 e. The summed E-state index contributed by atoms with van der Waals surface area (Å²) in [4.78, 5) is 9.41. The Hall–Kier alpha value is -3.14. The Balaban J connectivity index is 1.88.